The van der Waals surface area contributed by atoms with Crippen molar-refractivity contribution in [1.29, 1.82) is 0 Å². The highest BCUT2D eigenvalue weighted by Gasteiger charge is 1.96. The molecule has 6 heteroatoms. The van der Waals surface area contributed by atoms with Crippen LogP contribution in [0.2, 0.25) is 0 Å². The molecule has 6 nitrogen and oxygen atoms in total. The average molecular weight is 188 g/mol. The number of hydrogen-bond donors (Lipinski definition) is 4. The van der Waals surface area contributed by atoms with Crippen molar-refractivity contribution >= 4 is 12.1 Å². The van der Waals surface area contributed by atoms with Gasteiger partial charge in [0.05, 0.1) is 0 Å². The molecule has 4 amide bonds. The number of carbonyl (C=O) groups excluding carboxylic acids is 2. The van der Waals surface area contributed by atoms with Gasteiger partial charge >= 0.3 is 12.1 Å². The van der Waals surface area contributed by atoms with Gasteiger partial charge in [-0.15, -0.1) is 0 Å². The first-order chi connectivity index (χ1) is 6.16. The Morgan fingerprint density at radius 1 is 1.08 bits per heavy atom. The van der Waals surface area contributed by atoms with Gasteiger partial charge < -0.3 is 21.7 Å². The van der Waals surface area contributed by atoms with E-state index < -0.39 is 6.03 Å². The minimum Gasteiger partial charge on any atom is -0.352 e. The zero-order valence-electron chi connectivity index (χ0n) is 7.72. The van der Waals surface area contributed by atoms with Gasteiger partial charge in [-0.1, -0.05) is 6.92 Å². The normalized spacial score (nSPS) is 9.00. The molecule has 0 saturated heterocycles. The summed E-state index contributed by atoms with van der Waals surface area (Å²) in [6.07, 6.45) is 0.896. The van der Waals surface area contributed by atoms with Crippen molar-refractivity contribution in [3.05, 3.63) is 0 Å². The van der Waals surface area contributed by atoms with Gasteiger partial charge in [0.1, 0.15) is 0 Å². The number of rotatable bonds is 5. The molecule has 5 N–H and O–H groups in total. The van der Waals surface area contributed by atoms with E-state index in [1.807, 2.05) is 6.92 Å². The molecule has 0 aliphatic carbocycles. The van der Waals surface area contributed by atoms with Crippen LogP contribution < -0.4 is 21.7 Å². The van der Waals surface area contributed by atoms with Crippen molar-refractivity contribution < 1.29 is 9.59 Å². The standard InChI is InChI=1S/C7H16N4O2/c1-2-3-10-7(13)11-5-4-9-6(8)12/h2-5H2,1H3,(H3,8,9,12)(H2,10,11,13). The summed E-state index contributed by atoms with van der Waals surface area (Å²) < 4.78 is 0. The minimum atomic E-state index is -0.587. The van der Waals surface area contributed by atoms with Crippen LogP contribution in [0, 0.1) is 0 Å². The molecule has 0 saturated carbocycles. The first kappa shape index (κ1) is 11.5. The number of amides is 4. The van der Waals surface area contributed by atoms with E-state index in [1.54, 1.807) is 0 Å². The number of nitrogens with two attached hydrogens (primary N) is 1. The fraction of sp³-hybridized carbons (Fsp3) is 0.714. The SMILES string of the molecule is CCCNC(=O)NCCNC(N)=O. The van der Waals surface area contributed by atoms with E-state index in [4.69, 9.17) is 5.73 Å². The van der Waals surface area contributed by atoms with Crippen molar-refractivity contribution in [2.24, 2.45) is 5.73 Å². The number of hydrogen-bond acceptors (Lipinski definition) is 2. The zero-order chi connectivity index (χ0) is 10.1. The molecule has 0 heterocycles. The summed E-state index contributed by atoms with van der Waals surface area (Å²) in [7, 11) is 0. The van der Waals surface area contributed by atoms with E-state index in [0.717, 1.165) is 6.42 Å². The number of primary amides is 1. The lowest BCUT2D eigenvalue weighted by Crippen LogP contribution is -2.41. The van der Waals surface area contributed by atoms with E-state index >= 15 is 0 Å². The van der Waals surface area contributed by atoms with Gasteiger partial charge in [-0.3, -0.25) is 0 Å². The predicted octanol–water partition coefficient (Wildman–Crippen LogP) is -0.636. The van der Waals surface area contributed by atoms with E-state index in [2.05, 4.69) is 16.0 Å². The molecule has 0 radical (unpaired) electrons. The molecular weight excluding hydrogens is 172 g/mol. The second-order valence-corrected chi connectivity index (χ2v) is 2.47. The Kier molecular flexibility index (Phi) is 6.39. The molecule has 0 unspecified atom stereocenters. The third kappa shape index (κ3) is 8.45. The summed E-state index contributed by atoms with van der Waals surface area (Å²) in [4.78, 5) is 21.1. The highest BCUT2D eigenvalue weighted by Crippen LogP contribution is 1.70. The molecule has 0 aliphatic rings. The molecular formula is C7H16N4O2. The molecule has 0 atom stereocenters. The lowest BCUT2D eigenvalue weighted by Gasteiger charge is -2.06. The summed E-state index contributed by atoms with van der Waals surface area (Å²) in [6.45, 7) is 3.33. The molecule has 13 heavy (non-hydrogen) atoms. The highest BCUT2D eigenvalue weighted by atomic mass is 16.2. The van der Waals surface area contributed by atoms with Crippen molar-refractivity contribution in [2.75, 3.05) is 19.6 Å². The summed E-state index contributed by atoms with van der Waals surface area (Å²) in [5.41, 5.74) is 4.81. The molecule has 0 aromatic rings. The Labute approximate surface area is 77.2 Å². The lowest BCUT2D eigenvalue weighted by molar-refractivity contribution is 0.239. The summed E-state index contributed by atoms with van der Waals surface area (Å²) >= 11 is 0. The molecule has 0 aliphatic heterocycles. The first-order valence-corrected chi connectivity index (χ1v) is 4.21. The third-order valence-corrected chi connectivity index (χ3v) is 1.25. The van der Waals surface area contributed by atoms with E-state index in [-0.39, 0.29) is 6.03 Å². The minimum absolute atomic E-state index is 0.229. The van der Waals surface area contributed by atoms with Gasteiger partial charge in [-0.25, -0.2) is 9.59 Å². The summed E-state index contributed by atoms with van der Waals surface area (Å²) in [5, 5.41) is 7.53. The molecule has 0 bridgehead atoms. The Hall–Kier alpha value is -1.46. The number of carbonyl (C=O) groups is 2. The topological polar surface area (TPSA) is 96.2 Å². The van der Waals surface area contributed by atoms with Gasteiger partial charge in [0.25, 0.3) is 0 Å². The smallest absolute Gasteiger partial charge is 0.314 e. The van der Waals surface area contributed by atoms with Gasteiger partial charge in [-0.2, -0.15) is 0 Å². The maximum absolute atomic E-state index is 10.9. The van der Waals surface area contributed by atoms with E-state index in [9.17, 15) is 9.59 Å². The molecule has 0 fully saturated rings. The second kappa shape index (κ2) is 7.20. The summed E-state index contributed by atoms with van der Waals surface area (Å²) in [5.74, 6) is 0. The predicted molar refractivity (Wildman–Crippen MR) is 49.3 cm³/mol. The molecule has 0 aromatic heterocycles. The van der Waals surface area contributed by atoms with Crippen LogP contribution >= 0.6 is 0 Å². The van der Waals surface area contributed by atoms with Crippen molar-refractivity contribution in [2.45, 2.75) is 13.3 Å². The largest absolute Gasteiger partial charge is 0.352 e. The molecule has 0 rings (SSSR count). The average Bonchev–Trinajstić information content (AvgIpc) is 2.08. The van der Waals surface area contributed by atoms with E-state index in [0.29, 0.717) is 19.6 Å². The fourth-order valence-electron chi connectivity index (χ4n) is 0.663. The van der Waals surface area contributed by atoms with Crippen LogP contribution in [0.5, 0.6) is 0 Å². The number of nitrogens with one attached hydrogen (secondary N) is 3. The first-order valence-electron chi connectivity index (χ1n) is 4.21. The molecule has 76 valence electrons. The Bertz CT molecular complexity index is 172. The van der Waals surface area contributed by atoms with Crippen molar-refractivity contribution in [3.8, 4) is 0 Å². The Morgan fingerprint density at radius 3 is 2.15 bits per heavy atom. The van der Waals surface area contributed by atoms with Crippen LogP contribution in [0.15, 0.2) is 0 Å². The lowest BCUT2D eigenvalue weighted by atomic mass is 10.5. The van der Waals surface area contributed by atoms with Gasteiger partial charge in [0, 0.05) is 19.6 Å². The molecule has 0 aromatic carbocycles. The van der Waals surface area contributed by atoms with Crippen LogP contribution in [-0.4, -0.2) is 31.7 Å². The Morgan fingerprint density at radius 2 is 1.62 bits per heavy atom. The van der Waals surface area contributed by atoms with Crippen LogP contribution in [0.25, 0.3) is 0 Å². The quantitative estimate of drug-likeness (QED) is 0.432. The van der Waals surface area contributed by atoms with Gasteiger partial charge in [0.15, 0.2) is 0 Å². The maximum atomic E-state index is 10.9. The summed E-state index contributed by atoms with van der Waals surface area (Å²) in [6, 6.07) is -0.816. The van der Waals surface area contributed by atoms with Crippen molar-refractivity contribution in [1.82, 2.24) is 16.0 Å². The van der Waals surface area contributed by atoms with Crippen LogP contribution in [0.1, 0.15) is 13.3 Å². The highest BCUT2D eigenvalue weighted by molar-refractivity contribution is 5.74. The molecule has 0 spiro atoms. The van der Waals surface area contributed by atoms with Crippen LogP contribution in [0.3, 0.4) is 0 Å². The third-order valence-electron chi connectivity index (χ3n) is 1.25. The van der Waals surface area contributed by atoms with Crippen LogP contribution in [0.4, 0.5) is 9.59 Å². The van der Waals surface area contributed by atoms with Crippen molar-refractivity contribution in [3.63, 3.8) is 0 Å². The van der Waals surface area contributed by atoms with Gasteiger partial charge in [-0.05, 0) is 6.42 Å². The monoisotopic (exact) mass is 188 g/mol. The zero-order valence-corrected chi connectivity index (χ0v) is 7.72. The fourth-order valence-corrected chi connectivity index (χ4v) is 0.663. The van der Waals surface area contributed by atoms with Gasteiger partial charge in [0.2, 0.25) is 0 Å². The van der Waals surface area contributed by atoms with Crippen LogP contribution in [-0.2, 0) is 0 Å². The Balaban J connectivity index is 3.22. The van der Waals surface area contributed by atoms with E-state index in [1.165, 1.54) is 0 Å². The number of urea groups is 2. The second-order valence-electron chi connectivity index (χ2n) is 2.47. The maximum Gasteiger partial charge on any atom is 0.314 e.